The third-order valence-electron chi connectivity index (χ3n) is 6.02. The van der Waals surface area contributed by atoms with Crippen molar-refractivity contribution >= 4 is 11.9 Å². The number of anilines is 1. The summed E-state index contributed by atoms with van der Waals surface area (Å²) in [6, 6.07) is 3.36. The highest BCUT2D eigenvalue weighted by atomic mass is 16.5. The summed E-state index contributed by atoms with van der Waals surface area (Å²) in [6.07, 6.45) is 8.14. The van der Waals surface area contributed by atoms with E-state index in [1.54, 1.807) is 19.1 Å². The molecule has 1 fully saturated rings. The molecule has 3 rings (SSSR count). The Kier molecular flexibility index (Phi) is 9.38. The fourth-order valence-electron chi connectivity index (χ4n) is 3.89. The second-order valence-corrected chi connectivity index (χ2v) is 8.49. The van der Waals surface area contributed by atoms with Gasteiger partial charge in [-0.2, -0.15) is 0 Å². The van der Waals surface area contributed by atoms with Crippen molar-refractivity contribution in [2.24, 2.45) is 5.92 Å². The minimum absolute atomic E-state index is 0.00981. The number of ether oxygens (including phenoxy) is 1. The predicted octanol–water partition coefficient (Wildman–Crippen LogP) is 1.90. The highest BCUT2D eigenvalue weighted by molar-refractivity contribution is 5.95. The molecule has 0 bridgehead atoms. The van der Waals surface area contributed by atoms with Crippen LogP contribution in [0.25, 0.3) is 0 Å². The van der Waals surface area contributed by atoms with Gasteiger partial charge in [-0.15, -0.1) is 0 Å². The van der Waals surface area contributed by atoms with Gasteiger partial charge < -0.3 is 25.2 Å². The number of aryl methyl sites for hydroxylation is 2. The number of rotatable bonds is 11. The number of carbonyl (C=O) groups excluding carboxylic acids is 1. The van der Waals surface area contributed by atoms with Crippen molar-refractivity contribution in [3.05, 3.63) is 41.3 Å². The number of piperidine rings is 1. The fourth-order valence-corrected chi connectivity index (χ4v) is 3.89. The quantitative estimate of drug-likeness (QED) is 0.438. The van der Waals surface area contributed by atoms with Gasteiger partial charge in [0.2, 0.25) is 11.8 Å². The van der Waals surface area contributed by atoms with Crippen LogP contribution in [-0.2, 0) is 6.42 Å². The number of amides is 1. The van der Waals surface area contributed by atoms with Crippen LogP contribution in [0.3, 0.4) is 0 Å². The number of aliphatic hydroxyl groups excluding tert-OH is 2. The Hall–Kier alpha value is -2.78. The molecule has 33 heavy (non-hydrogen) atoms. The van der Waals surface area contributed by atoms with Gasteiger partial charge in [0.15, 0.2) is 0 Å². The van der Waals surface area contributed by atoms with E-state index in [1.165, 1.54) is 0 Å². The van der Waals surface area contributed by atoms with Crippen LogP contribution in [0.2, 0.25) is 0 Å². The van der Waals surface area contributed by atoms with Crippen molar-refractivity contribution in [3.8, 4) is 5.88 Å². The number of carbonyl (C=O) groups is 1. The highest BCUT2D eigenvalue weighted by Gasteiger charge is 2.20. The highest BCUT2D eigenvalue weighted by Crippen LogP contribution is 2.24. The van der Waals surface area contributed by atoms with Gasteiger partial charge in [0, 0.05) is 38.1 Å². The van der Waals surface area contributed by atoms with Gasteiger partial charge in [-0.1, -0.05) is 6.92 Å². The topological polar surface area (TPSA) is 121 Å². The third-order valence-corrected chi connectivity index (χ3v) is 6.02. The van der Waals surface area contributed by atoms with Crippen LogP contribution in [0.1, 0.15) is 54.2 Å². The molecule has 1 aliphatic heterocycles. The molecule has 9 nitrogen and oxygen atoms in total. The second-order valence-electron chi connectivity index (χ2n) is 8.49. The Bertz CT molecular complexity index is 885. The van der Waals surface area contributed by atoms with E-state index in [0.717, 1.165) is 56.7 Å². The summed E-state index contributed by atoms with van der Waals surface area (Å²) in [6.45, 7) is 6.00. The molecule has 1 atom stereocenters. The smallest absolute Gasteiger partial charge is 0.253 e. The van der Waals surface area contributed by atoms with E-state index in [1.807, 2.05) is 12.4 Å². The molecule has 180 valence electrons. The van der Waals surface area contributed by atoms with E-state index in [0.29, 0.717) is 29.7 Å². The molecule has 2 aromatic rings. The van der Waals surface area contributed by atoms with Crippen LogP contribution in [0.15, 0.2) is 24.5 Å². The Labute approximate surface area is 195 Å². The molecule has 9 heteroatoms. The van der Waals surface area contributed by atoms with Crippen LogP contribution in [0.5, 0.6) is 5.88 Å². The number of aliphatic hydroxyl groups is 2. The lowest BCUT2D eigenvalue weighted by Gasteiger charge is -2.32. The van der Waals surface area contributed by atoms with Gasteiger partial charge in [-0.05, 0) is 56.6 Å². The van der Waals surface area contributed by atoms with Gasteiger partial charge in [0.1, 0.15) is 0 Å². The van der Waals surface area contributed by atoms with E-state index in [4.69, 9.17) is 9.84 Å². The van der Waals surface area contributed by atoms with Gasteiger partial charge in [-0.3, -0.25) is 4.79 Å². The molecule has 0 spiro atoms. The van der Waals surface area contributed by atoms with Crippen LogP contribution >= 0.6 is 0 Å². The summed E-state index contributed by atoms with van der Waals surface area (Å²) in [7, 11) is 0. The predicted molar refractivity (Wildman–Crippen MR) is 125 cm³/mol. The van der Waals surface area contributed by atoms with Crippen LogP contribution < -0.4 is 15.0 Å². The van der Waals surface area contributed by atoms with Gasteiger partial charge in [-0.25, -0.2) is 15.0 Å². The SMILES string of the molecule is CCc1cnc(N2CCC(CCCOc3ccc(C(=O)NCC(O)CO)c(C)n3)CC2)nc1. The van der Waals surface area contributed by atoms with E-state index >= 15 is 0 Å². The lowest BCUT2D eigenvalue weighted by molar-refractivity contribution is 0.0801. The molecule has 1 amide bonds. The average molecular weight is 458 g/mol. The summed E-state index contributed by atoms with van der Waals surface area (Å²) in [4.78, 5) is 27.8. The second kappa shape index (κ2) is 12.5. The minimum Gasteiger partial charge on any atom is -0.478 e. The largest absolute Gasteiger partial charge is 0.478 e. The summed E-state index contributed by atoms with van der Waals surface area (Å²) in [5.74, 6) is 1.67. The Morgan fingerprint density at radius 2 is 2.00 bits per heavy atom. The maximum Gasteiger partial charge on any atom is 0.253 e. The Morgan fingerprint density at radius 3 is 2.64 bits per heavy atom. The van der Waals surface area contributed by atoms with Gasteiger partial charge in [0.05, 0.1) is 30.6 Å². The number of hydrogen-bond donors (Lipinski definition) is 3. The standard InChI is InChI=1S/C24H35N5O4/c1-3-18-13-26-24(27-14-18)29-10-8-19(9-11-29)5-4-12-33-22-7-6-21(17(2)28-22)23(32)25-15-20(31)16-30/h6-7,13-14,19-20,30-31H,3-5,8-12,15-16H2,1-2H3,(H,25,32). The van der Waals surface area contributed by atoms with Crippen molar-refractivity contribution in [3.63, 3.8) is 0 Å². The molecule has 3 heterocycles. The van der Waals surface area contributed by atoms with E-state index in [9.17, 15) is 9.90 Å². The van der Waals surface area contributed by atoms with Crippen LogP contribution in [0, 0.1) is 12.8 Å². The maximum absolute atomic E-state index is 12.2. The van der Waals surface area contributed by atoms with Crippen LogP contribution in [0.4, 0.5) is 5.95 Å². The lowest BCUT2D eigenvalue weighted by Crippen LogP contribution is -2.35. The summed E-state index contributed by atoms with van der Waals surface area (Å²) in [5, 5.41) is 20.8. The van der Waals surface area contributed by atoms with Crippen molar-refractivity contribution < 1.29 is 19.7 Å². The van der Waals surface area contributed by atoms with E-state index in [2.05, 4.69) is 32.1 Å². The molecule has 0 radical (unpaired) electrons. The number of nitrogens with one attached hydrogen (secondary N) is 1. The monoisotopic (exact) mass is 457 g/mol. The summed E-state index contributed by atoms with van der Waals surface area (Å²) >= 11 is 0. The zero-order valence-corrected chi connectivity index (χ0v) is 19.5. The van der Waals surface area contributed by atoms with Gasteiger partial charge >= 0.3 is 0 Å². The fraction of sp³-hybridized carbons (Fsp3) is 0.583. The van der Waals surface area contributed by atoms with Crippen molar-refractivity contribution in [2.75, 3.05) is 37.7 Å². The molecule has 1 saturated heterocycles. The number of pyridine rings is 1. The minimum atomic E-state index is -0.974. The zero-order chi connectivity index (χ0) is 23.6. The van der Waals surface area contributed by atoms with Crippen molar-refractivity contribution in [1.29, 1.82) is 0 Å². The Morgan fingerprint density at radius 1 is 1.27 bits per heavy atom. The first-order chi connectivity index (χ1) is 16.0. The summed E-state index contributed by atoms with van der Waals surface area (Å²) < 4.78 is 5.79. The average Bonchev–Trinajstić information content (AvgIpc) is 2.85. The van der Waals surface area contributed by atoms with Crippen molar-refractivity contribution in [2.45, 2.75) is 52.1 Å². The molecule has 0 aromatic carbocycles. The first-order valence-electron chi connectivity index (χ1n) is 11.7. The summed E-state index contributed by atoms with van der Waals surface area (Å²) in [5.41, 5.74) is 2.15. The molecular weight excluding hydrogens is 422 g/mol. The van der Waals surface area contributed by atoms with E-state index in [-0.39, 0.29) is 12.5 Å². The molecule has 3 N–H and O–H groups in total. The Balaban J connectivity index is 1.36. The molecule has 1 unspecified atom stereocenters. The molecule has 0 saturated carbocycles. The third kappa shape index (κ3) is 7.36. The zero-order valence-electron chi connectivity index (χ0n) is 19.5. The first-order valence-corrected chi connectivity index (χ1v) is 11.7. The van der Waals surface area contributed by atoms with Crippen molar-refractivity contribution in [1.82, 2.24) is 20.3 Å². The van der Waals surface area contributed by atoms with Crippen LogP contribution in [-0.4, -0.2) is 70.0 Å². The normalized spacial score (nSPS) is 15.3. The molecule has 2 aromatic heterocycles. The number of nitrogens with zero attached hydrogens (tertiary/aromatic N) is 4. The molecule has 1 aliphatic rings. The van der Waals surface area contributed by atoms with E-state index < -0.39 is 12.7 Å². The number of aromatic nitrogens is 3. The number of hydrogen-bond acceptors (Lipinski definition) is 8. The first kappa shape index (κ1) is 24.9. The van der Waals surface area contributed by atoms with Gasteiger partial charge in [0.25, 0.3) is 5.91 Å². The molecular formula is C24H35N5O4. The molecule has 0 aliphatic carbocycles. The maximum atomic E-state index is 12.2. The lowest BCUT2D eigenvalue weighted by atomic mass is 9.92.